The quantitative estimate of drug-likeness (QED) is 0.784. The van der Waals surface area contributed by atoms with E-state index in [9.17, 15) is 0 Å². The van der Waals surface area contributed by atoms with Crippen molar-refractivity contribution in [3.63, 3.8) is 0 Å². The molecule has 0 saturated heterocycles. The van der Waals surface area contributed by atoms with Crippen molar-refractivity contribution < 1.29 is 0 Å². The van der Waals surface area contributed by atoms with Crippen molar-refractivity contribution in [2.75, 3.05) is 7.05 Å². The summed E-state index contributed by atoms with van der Waals surface area (Å²) < 4.78 is 0. The van der Waals surface area contributed by atoms with E-state index in [1.54, 1.807) is 6.20 Å². The summed E-state index contributed by atoms with van der Waals surface area (Å²) in [4.78, 5) is 6.35. The minimum absolute atomic E-state index is 0.630. The molecule has 1 fully saturated rings. The van der Waals surface area contributed by atoms with E-state index in [-0.39, 0.29) is 0 Å². The Hall–Kier alpha value is -1.16. The van der Waals surface area contributed by atoms with Crippen molar-refractivity contribution in [3.8, 4) is 0 Å². The second-order valence-electron chi connectivity index (χ2n) is 3.78. The molecule has 1 aliphatic carbocycles. The highest BCUT2D eigenvalue weighted by molar-refractivity contribution is 7.80. The standard InChI is InChI=1S/C11H15N3S/c1-12-11(15)14(10-4-5-10)8-9-3-2-6-13-7-9/h2-3,6-7,10H,4-5,8H2,1H3,(H,12,15). The van der Waals surface area contributed by atoms with E-state index in [2.05, 4.69) is 21.3 Å². The molecule has 1 saturated carbocycles. The Labute approximate surface area is 95.5 Å². The maximum atomic E-state index is 5.29. The van der Waals surface area contributed by atoms with E-state index < -0.39 is 0 Å². The molecule has 15 heavy (non-hydrogen) atoms. The zero-order valence-electron chi connectivity index (χ0n) is 8.81. The van der Waals surface area contributed by atoms with Gasteiger partial charge in [-0.25, -0.2) is 0 Å². The highest BCUT2D eigenvalue weighted by atomic mass is 32.1. The fourth-order valence-corrected chi connectivity index (χ4v) is 1.80. The molecule has 0 atom stereocenters. The third-order valence-electron chi connectivity index (χ3n) is 2.54. The lowest BCUT2D eigenvalue weighted by Gasteiger charge is -2.24. The first-order valence-corrected chi connectivity index (χ1v) is 5.59. The van der Waals surface area contributed by atoms with Crippen LogP contribution in [0.4, 0.5) is 0 Å². The normalized spacial score (nSPS) is 14.7. The molecule has 0 aromatic carbocycles. The van der Waals surface area contributed by atoms with Gasteiger partial charge in [-0.2, -0.15) is 0 Å². The Morgan fingerprint density at radius 2 is 2.47 bits per heavy atom. The second-order valence-corrected chi connectivity index (χ2v) is 4.16. The fraction of sp³-hybridized carbons (Fsp3) is 0.455. The maximum absolute atomic E-state index is 5.29. The summed E-state index contributed by atoms with van der Waals surface area (Å²) in [5.74, 6) is 0. The predicted octanol–water partition coefficient (Wildman–Crippen LogP) is 1.55. The number of nitrogens with zero attached hydrogens (tertiary/aromatic N) is 2. The zero-order valence-corrected chi connectivity index (χ0v) is 9.63. The number of thiocarbonyl (C=S) groups is 1. The van der Waals surface area contributed by atoms with Crippen LogP contribution in [0.15, 0.2) is 24.5 Å². The molecule has 3 nitrogen and oxygen atoms in total. The van der Waals surface area contributed by atoms with Gasteiger partial charge < -0.3 is 10.2 Å². The van der Waals surface area contributed by atoms with E-state index in [1.165, 1.54) is 18.4 Å². The Balaban J connectivity index is 2.04. The van der Waals surface area contributed by atoms with Crippen LogP contribution in [0, 0.1) is 0 Å². The van der Waals surface area contributed by atoms with Gasteiger partial charge in [0.1, 0.15) is 0 Å². The SMILES string of the molecule is CNC(=S)N(Cc1cccnc1)C1CC1. The summed E-state index contributed by atoms with van der Waals surface area (Å²) in [6.07, 6.45) is 6.19. The molecule has 0 amide bonds. The Morgan fingerprint density at radius 3 is 3.00 bits per heavy atom. The van der Waals surface area contributed by atoms with Gasteiger partial charge in [0.2, 0.25) is 0 Å². The van der Waals surface area contributed by atoms with Crippen LogP contribution in [0.5, 0.6) is 0 Å². The summed E-state index contributed by atoms with van der Waals surface area (Å²) >= 11 is 5.29. The number of hydrogen-bond acceptors (Lipinski definition) is 2. The molecule has 0 spiro atoms. The van der Waals surface area contributed by atoms with Crippen LogP contribution in [0.2, 0.25) is 0 Å². The van der Waals surface area contributed by atoms with Crippen LogP contribution in [0.1, 0.15) is 18.4 Å². The molecular formula is C11H15N3S. The van der Waals surface area contributed by atoms with Gasteiger partial charge in [-0.3, -0.25) is 4.98 Å². The van der Waals surface area contributed by atoms with Gasteiger partial charge in [0, 0.05) is 32.0 Å². The van der Waals surface area contributed by atoms with Crippen molar-refractivity contribution in [2.24, 2.45) is 0 Å². The van der Waals surface area contributed by atoms with Crippen LogP contribution in [0.25, 0.3) is 0 Å². The van der Waals surface area contributed by atoms with Gasteiger partial charge >= 0.3 is 0 Å². The predicted molar refractivity (Wildman–Crippen MR) is 64.5 cm³/mol. The first kappa shape index (κ1) is 10.4. The molecule has 1 aliphatic rings. The van der Waals surface area contributed by atoms with Crippen molar-refractivity contribution in [1.29, 1.82) is 0 Å². The molecular weight excluding hydrogens is 206 g/mol. The van der Waals surface area contributed by atoms with Gasteiger partial charge in [0.05, 0.1) is 0 Å². The topological polar surface area (TPSA) is 28.2 Å². The fourth-order valence-electron chi connectivity index (χ4n) is 1.58. The zero-order chi connectivity index (χ0) is 10.7. The van der Waals surface area contributed by atoms with Gasteiger partial charge in [-0.05, 0) is 36.7 Å². The van der Waals surface area contributed by atoms with E-state index in [0.29, 0.717) is 6.04 Å². The Kier molecular flexibility index (Phi) is 3.16. The highest BCUT2D eigenvalue weighted by Crippen LogP contribution is 2.28. The van der Waals surface area contributed by atoms with Gasteiger partial charge in [-0.1, -0.05) is 6.07 Å². The number of aromatic nitrogens is 1. The average Bonchev–Trinajstić information content (AvgIpc) is 3.10. The molecule has 0 radical (unpaired) electrons. The molecule has 0 bridgehead atoms. The minimum atomic E-state index is 0.630. The van der Waals surface area contributed by atoms with E-state index >= 15 is 0 Å². The molecule has 4 heteroatoms. The third kappa shape index (κ3) is 2.65. The summed E-state index contributed by atoms with van der Waals surface area (Å²) in [7, 11) is 1.88. The van der Waals surface area contributed by atoms with Crippen molar-refractivity contribution in [3.05, 3.63) is 30.1 Å². The van der Waals surface area contributed by atoms with E-state index in [0.717, 1.165) is 11.7 Å². The van der Waals surface area contributed by atoms with Crippen molar-refractivity contribution >= 4 is 17.3 Å². The first-order chi connectivity index (χ1) is 7.31. The van der Waals surface area contributed by atoms with Crippen molar-refractivity contribution in [2.45, 2.75) is 25.4 Å². The van der Waals surface area contributed by atoms with Gasteiger partial charge in [-0.15, -0.1) is 0 Å². The summed E-state index contributed by atoms with van der Waals surface area (Å²) in [5, 5.41) is 3.88. The lowest BCUT2D eigenvalue weighted by atomic mass is 10.2. The van der Waals surface area contributed by atoms with Gasteiger partial charge in [0.25, 0.3) is 0 Å². The maximum Gasteiger partial charge on any atom is 0.169 e. The van der Waals surface area contributed by atoms with E-state index in [4.69, 9.17) is 12.2 Å². The Bertz CT molecular complexity index is 335. The van der Waals surface area contributed by atoms with Crippen LogP contribution >= 0.6 is 12.2 Å². The van der Waals surface area contributed by atoms with Crippen LogP contribution in [-0.2, 0) is 6.54 Å². The second kappa shape index (κ2) is 4.57. The summed E-state index contributed by atoms with van der Waals surface area (Å²) in [6, 6.07) is 4.67. The van der Waals surface area contributed by atoms with Crippen LogP contribution in [0.3, 0.4) is 0 Å². The first-order valence-electron chi connectivity index (χ1n) is 5.18. The lowest BCUT2D eigenvalue weighted by molar-refractivity contribution is 0.398. The number of pyridine rings is 1. The minimum Gasteiger partial charge on any atom is -0.366 e. The van der Waals surface area contributed by atoms with Crippen LogP contribution < -0.4 is 5.32 Å². The summed E-state index contributed by atoms with van der Waals surface area (Å²) in [5.41, 5.74) is 1.21. The summed E-state index contributed by atoms with van der Waals surface area (Å²) in [6.45, 7) is 0.859. The lowest BCUT2D eigenvalue weighted by Crippen LogP contribution is -2.38. The molecule has 0 aliphatic heterocycles. The van der Waals surface area contributed by atoms with Crippen molar-refractivity contribution in [1.82, 2.24) is 15.2 Å². The highest BCUT2D eigenvalue weighted by Gasteiger charge is 2.30. The van der Waals surface area contributed by atoms with Gasteiger partial charge in [0.15, 0.2) is 5.11 Å². The molecule has 1 N–H and O–H groups in total. The molecule has 1 heterocycles. The van der Waals surface area contributed by atoms with Crippen LogP contribution in [-0.4, -0.2) is 28.1 Å². The monoisotopic (exact) mass is 221 g/mol. The largest absolute Gasteiger partial charge is 0.366 e. The molecule has 1 aromatic heterocycles. The third-order valence-corrected chi connectivity index (χ3v) is 2.98. The molecule has 1 aromatic rings. The molecule has 2 rings (SSSR count). The number of nitrogens with one attached hydrogen (secondary N) is 1. The number of rotatable bonds is 3. The van der Waals surface area contributed by atoms with E-state index in [1.807, 2.05) is 19.3 Å². The number of hydrogen-bond donors (Lipinski definition) is 1. The Morgan fingerprint density at radius 1 is 1.67 bits per heavy atom. The molecule has 80 valence electrons. The smallest absolute Gasteiger partial charge is 0.169 e. The average molecular weight is 221 g/mol. The molecule has 0 unspecified atom stereocenters.